The summed E-state index contributed by atoms with van der Waals surface area (Å²) in [6, 6.07) is 4.43. The summed E-state index contributed by atoms with van der Waals surface area (Å²) in [7, 11) is 1.79. The standard InChI is InChI=1S/C9H7BrFN3/c1-14-5-12-9(13-14)7-3-2-6(11)4-8(7)10/h2-5H,1H3. The summed E-state index contributed by atoms with van der Waals surface area (Å²) in [4.78, 5) is 4.08. The highest BCUT2D eigenvalue weighted by atomic mass is 79.9. The van der Waals surface area contributed by atoms with Crippen molar-refractivity contribution in [1.29, 1.82) is 0 Å². The summed E-state index contributed by atoms with van der Waals surface area (Å²) >= 11 is 3.26. The Morgan fingerprint density at radius 1 is 1.43 bits per heavy atom. The minimum atomic E-state index is -0.281. The Morgan fingerprint density at radius 2 is 2.21 bits per heavy atom. The van der Waals surface area contributed by atoms with Gasteiger partial charge in [-0.2, -0.15) is 5.10 Å². The van der Waals surface area contributed by atoms with Crippen LogP contribution in [-0.2, 0) is 7.05 Å². The van der Waals surface area contributed by atoms with E-state index in [1.54, 1.807) is 24.1 Å². The van der Waals surface area contributed by atoms with Crippen molar-refractivity contribution < 1.29 is 4.39 Å². The first kappa shape index (κ1) is 9.33. The molecular formula is C9H7BrFN3. The molecular weight excluding hydrogens is 249 g/mol. The zero-order valence-corrected chi connectivity index (χ0v) is 8.99. The summed E-state index contributed by atoms with van der Waals surface area (Å²) in [5.74, 6) is 0.302. The molecule has 0 saturated heterocycles. The lowest BCUT2D eigenvalue weighted by atomic mass is 10.2. The molecule has 1 aromatic carbocycles. The molecule has 2 aromatic rings. The smallest absolute Gasteiger partial charge is 0.182 e. The number of aryl methyl sites for hydroxylation is 1. The van der Waals surface area contributed by atoms with Gasteiger partial charge in [-0.25, -0.2) is 9.37 Å². The van der Waals surface area contributed by atoms with Gasteiger partial charge >= 0.3 is 0 Å². The molecule has 0 unspecified atom stereocenters. The fourth-order valence-electron chi connectivity index (χ4n) is 1.13. The number of hydrogen-bond acceptors (Lipinski definition) is 2. The summed E-state index contributed by atoms with van der Waals surface area (Å²) < 4.78 is 15.1. The van der Waals surface area contributed by atoms with Gasteiger partial charge in [-0.3, -0.25) is 4.68 Å². The van der Waals surface area contributed by atoms with E-state index in [-0.39, 0.29) is 5.82 Å². The Bertz CT molecular complexity index is 467. The van der Waals surface area contributed by atoms with Gasteiger partial charge in [0.1, 0.15) is 12.1 Å². The maximum Gasteiger partial charge on any atom is 0.182 e. The van der Waals surface area contributed by atoms with Gasteiger partial charge in [-0.15, -0.1) is 0 Å². The van der Waals surface area contributed by atoms with Crippen LogP contribution in [0.4, 0.5) is 4.39 Å². The minimum Gasteiger partial charge on any atom is -0.255 e. The highest BCUT2D eigenvalue weighted by Crippen LogP contribution is 2.25. The second kappa shape index (κ2) is 3.49. The molecule has 3 nitrogen and oxygen atoms in total. The lowest BCUT2D eigenvalue weighted by Gasteiger charge is -1.98. The Morgan fingerprint density at radius 3 is 2.79 bits per heavy atom. The molecule has 0 aliphatic heterocycles. The van der Waals surface area contributed by atoms with E-state index in [0.717, 1.165) is 5.56 Å². The van der Waals surface area contributed by atoms with Gasteiger partial charge in [0.05, 0.1) is 0 Å². The largest absolute Gasteiger partial charge is 0.255 e. The Balaban J connectivity index is 2.52. The van der Waals surface area contributed by atoms with Crippen molar-refractivity contribution >= 4 is 15.9 Å². The topological polar surface area (TPSA) is 30.7 Å². The molecule has 72 valence electrons. The number of benzene rings is 1. The molecule has 1 aromatic heterocycles. The van der Waals surface area contributed by atoms with E-state index >= 15 is 0 Å². The van der Waals surface area contributed by atoms with Gasteiger partial charge < -0.3 is 0 Å². The summed E-state index contributed by atoms with van der Waals surface area (Å²) in [6.07, 6.45) is 1.60. The molecule has 14 heavy (non-hydrogen) atoms. The van der Waals surface area contributed by atoms with E-state index < -0.39 is 0 Å². The van der Waals surface area contributed by atoms with E-state index in [2.05, 4.69) is 26.0 Å². The van der Waals surface area contributed by atoms with Gasteiger partial charge in [0.25, 0.3) is 0 Å². The van der Waals surface area contributed by atoms with Gasteiger partial charge in [-0.1, -0.05) is 0 Å². The van der Waals surface area contributed by atoms with Crippen LogP contribution in [0.5, 0.6) is 0 Å². The predicted molar refractivity (Wildman–Crippen MR) is 54.1 cm³/mol. The summed E-state index contributed by atoms with van der Waals surface area (Å²) in [5.41, 5.74) is 0.784. The lowest BCUT2D eigenvalue weighted by Crippen LogP contribution is -1.89. The van der Waals surface area contributed by atoms with Crippen LogP contribution in [0.25, 0.3) is 11.4 Å². The lowest BCUT2D eigenvalue weighted by molar-refractivity contribution is 0.627. The quantitative estimate of drug-likeness (QED) is 0.784. The zero-order chi connectivity index (χ0) is 10.1. The van der Waals surface area contributed by atoms with Crippen molar-refractivity contribution in [3.05, 3.63) is 34.8 Å². The van der Waals surface area contributed by atoms with Crippen molar-refractivity contribution in [2.24, 2.45) is 7.05 Å². The SMILES string of the molecule is Cn1cnc(-c2ccc(F)cc2Br)n1. The molecule has 0 atom stereocenters. The highest BCUT2D eigenvalue weighted by Gasteiger charge is 2.07. The first-order valence-corrected chi connectivity index (χ1v) is 4.77. The third-order valence-corrected chi connectivity index (χ3v) is 2.43. The third-order valence-electron chi connectivity index (χ3n) is 1.77. The van der Waals surface area contributed by atoms with Crippen molar-refractivity contribution in [1.82, 2.24) is 14.8 Å². The van der Waals surface area contributed by atoms with Crippen molar-refractivity contribution in [2.45, 2.75) is 0 Å². The van der Waals surface area contributed by atoms with Gasteiger partial charge in [0.15, 0.2) is 5.82 Å². The molecule has 0 bridgehead atoms. The Hall–Kier alpha value is -1.23. The molecule has 0 saturated carbocycles. The average molecular weight is 256 g/mol. The molecule has 0 amide bonds. The van der Waals surface area contributed by atoms with Gasteiger partial charge in [0, 0.05) is 17.1 Å². The Labute approximate surface area is 88.7 Å². The Kier molecular flexibility index (Phi) is 2.33. The van der Waals surface area contributed by atoms with Crippen LogP contribution in [0.3, 0.4) is 0 Å². The fraction of sp³-hybridized carbons (Fsp3) is 0.111. The van der Waals surface area contributed by atoms with E-state index in [1.807, 2.05) is 0 Å². The van der Waals surface area contributed by atoms with Gasteiger partial charge in [0.2, 0.25) is 0 Å². The second-order valence-electron chi connectivity index (χ2n) is 2.87. The van der Waals surface area contributed by atoms with Crippen LogP contribution >= 0.6 is 15.9 Å². The number of rotatable bonds is 1. The highest BCUT2D eigenvalue weighted by molar-refractivity contribution is 9.10. The molecule has 0 N–H and O–H groups in total. The van der Waals surface area contributed by atoms with Crippen LogP contribution < -0.4 is 0 Å². The molecule has 0 fully saturated rings. The minimum absolute atomic E-state index is 0.281. The predicted octanol–water partition coefficient (Wildman–Crippen LogP) is 2.38. The molecule has 1 heterocycles. The number of hydrogen-bond donors (Lipinski definition) is 0. The van der Waals surface area contributed by atoms with Crippen LogP contribution in [-0.4, -0.2) is 14.8 Å². The average Bonchev–Trinajstić information content (AvgIpc) is 2.51. The van der Waals surface area contributed by atoms with E-state index in [9.17, 15) is 4.39 Å². The van der Waals surface area contributed by atoms with Crippen molar-refractivity contribution in [2.75, 3.05) is 0 Å². The number of aromatic nitrogens is 3. The monoisotopic (exact) mass is 255 g/mol. The van der Waals surface area contributed by atoms with Crippen LogP contribution in [0.15, 0.2) is 29.0 Å². The maximum absolute atomic E-state index is 12.8. The second-order valence-corrected chi connectivity index (χ2v) is 3.72. The van der Waals surface area contributed by atoms with Crippen LogP contribution in [0.1, 0.15) is 0 Å². The molecule has 0 aliphatic rings. The van der Waals surface area contributed by atoms with Gasteiger partial charge in [-0.05, 0) is 34.1 Å². The first-order chi connectivity index (χ1) is 6.66. The zero-order valence-electron chi connectivity index (χ0n) is 7.41. The fourth-order valence-corrected chi connectivity index (χ4v) is 1.66. The normalized spacial score (nSPS) is 10.5. The van der Waals surface area contributed by atoms with Crippen molar-refractivity contribution in [3.63, 3.8) is 0 Å². The van der Waals surface area contributed by atoms with E-state index in [0.29, 0.717) is 10.3 Å². The maximum atomic E-state index is 12.8. The molecule has 0 radical (unpaired) electrons. The first-order valence-electron chi connectivity index (χ1n) is 3.98. The van der Waals surface area contributed by atoms with Crippen molar-refractivity contribution in [3.8, 4) is 11.4 Å². The van der Waals surface area contributed by atoms with Crippen LogP contribution in [0, 0.1) is 5.82 Å². The molecule has 0 spiro atoms. The van der Waals surface area contributed by atoms with E-state index in [4.69, 9.17) is 0 Å². The summed E-state index contributed by atoms with van der Waals surface area (Å²) in [5, 5.41) is 4.12. The number of halogens is 2. The number of nitrogens with zero attached hydrogens (tertiary/aromatic N) is 3. The molecule has 5 heteroatoms. The third kappa shape index (κ3) is 1.68. The van der Waals surface area contributed by atoms with Crippen LogP contribution in [0.2, 0.25) is 0 Å². The summed E-state index contributed by atoms with van der Waals surface area (Å²) in [6.45, 7) is 0. The molecule has 2 rings (SSSR count). The van der Waals surface area contributed by atoms with E-state index in [1.165, 1.54) is 12.1 Å². The molecule has 0 aliphatic carbocycles.